The third-order valence-electron chi connectivity index (χ3n) is 4.09. The molecule has 0 amide bonds. The molecule has 1 aromatic carbocycles. The lowest BCUT2D eigenvalue weighted by Gasteiger charge is -2.08. The van der Waals surface area contributed by atoms with Gasteiger partial charge in [-0.1, -0.05) is 23.4 Å². The van der Waals surface area contributed by atoms with Crippen molar-refractivity contribution in [1.82, 2.24) is 20.1 Å². The predicted octanol–water partition coefficient (Wildman–Crippen LogP) is 3.96. The monoisotopic (exact) mass is 348 g/mol. The molecule has 0 unspecified atom stereocenters. The van der Waals surface area contributed by atoms with Crippen LogP contribution in [-0.4, -0.2) is 26.7 Å². The molecule has 0 bridgehead atoms. The molecule has 26 heavy (non-hydrogen) atoms. The van der Waals surface area contributed by atoms with Gasteiger partial charge in [-0.3, -0.25) is 0 Å². The molecule has 7 nitrogen and oxygen atoms in total. The van der Waals surface area contributed by atoms with E-state index in [0.717, 1.165) is 29.9 Å². The van der Waals surface area contributed by atoms with E-state index in [0.29, 0.717) is 17.6 Å². The van der Waals surface area contributed by atoms with Crippen LogP contribution < -0.4 is 10.6 Å². The number of aryl methyl sites for hydroxylation is 2. The Balaban J connectivity index is 1.43. The van der Waals surface area contributed by atoms with Crippen molar-refractivity contribution in [2.75, 3.05) is 17.2 Å². The third kappa shape index (κ3) is 3.51. The van der Waals surface area contributed by atoms with E-state index in [9.17, 15) is 0 Å². The van der Waals surface area contributed by atoms with Gasteiger partial charge in [0.25, 0.3) is 0 Å². The molecule has 3 N–H and O–H groups in total. The maximum Gasteiger partial charge on any atom is 0.224 e. The van der Waals surface area contributed by atoms with Crippen LogP contribution in [0, 0.1) is 13.8 Å². The predicted molar refractivity (Wildman–Crippen MR) is 102 cm³/mol. The first-order chi connectivity index (χ1) is 12.7. The summed E-state index contributed by atoms with van der Waals surface area (Å²) in [5.41, 5.74) is 3.30. The molecule has 0 saturated heterocycles. The van der Waals surface area contributed by atoms with Crippen LogP contribution in [-0.2, 0) is 6.42 Å². The lowest BCUT2D eigenvalue weighted by Crippen LogP contribution is -2.09. The fourth-order valence-corrected chi connectivity index (χ4v) is 2.92. The zero-order valence-corrected chi connectivity index (χ0v) is 14.7. The lowest BCUT2D eigenvalue weighted by molar-refractivity contribution is 0.400. The summed E-state index contributed by atoms with van der Waals surface area (Å²) >= 11 is 0. The number of H-pyrrole nitrogens is 1. The number of hydrogen-bond donors (Lipinski definition) is 3. The second kappa shape index (κ2) is 6.87. The van der Waals surface area contributed by atoms with Crippen LogP contribution in [0.25, 0.3) is 10.9 Å². The summed E-state index contributed by atoms with van der Waals surface area (Å²) in [6.07, 6.45) is 2.94. The number of benzene rings is 1. The average molecular weight is 348 g/mol. The maximum atomic E-state index is 5.06. The van der Waals surface area contributed by atoms with Crippen molar-refractivity contribution in [3.63, 3.8) is 0 Å². The summed E-state index contributed by atoms with van der Waals surface area (Å²) in [6.45, 7) is 4.53. The second-order valence-corrected chi connectivity index (χ2v) is 6.20. The summed E-state index contributed by atoms with van der Waals surface area (Å²) < 4.78 is 5.06. The molecule has 4 rings (SSSR count). The molecule has 3 aromatic heterocycles. The summed E-state index contributed by atoms with van der Waals surface area (Å²) in [6, 6.07) is 12.0. The Bertz CT molecular complexity index is 1040. The van der Waals surface area contributed by atoms with E-state index in [2.05, 4.69) is 55.1 Å². The van der Waals surface area contributed by atoms with Gasteiger partial charge in [0.05, 0.1) is 0 Å². The van der Waals surface area contributed by atoms with E-state index < -0.39 is 0 Å². The SMILES string of the molecule is Cc1cc(Nc2cc(C)on2)nc(NCCc2c[nH]c3ccccc23)n1. The zero-order valence-electron chi connectivity index (χ0n) is 14.7. The molecule has 0 spiro atoms. The van der Waals surface area contributed by atoms with Crippen LogP contribution >= 0.6 is 0 Å². The standard InChI is InChI=1S/C19H20N6O/c1-12-9-17(23-18-10-13(2)26-25-18)24-19(22-12)20-8-7-14-11-21-16-6-4-3-5-15(14)16/h3-6,9-11,21H,7-8H2,1-2H3,(H2,20,22,23,24,25). The lowest BCUT2D eigenvalue weighted by atomic mass is 10.1. The molecule has 0 aliphatic heterocycles. The maximum absolute atomic E-state index is 5.06. The van der Waals surface area contributed by atoms with Gasteiger partial charge in [0.1, 0.15) is 11.6 Å². The van der Waals surface area contributed by atoms with Crippen LogP contribution in [0.5, 0.6) is 0 Å². The molecule has 7 heteroatoms. The average Bonchev–Trinajstić information content (AvgIpc) is 3.21. The van der Waals surface area contributed by atoms with Gasteiger partial charge >= 0.3 is 0 Å². The van der Waals surface area contributed by atoms with Crippen LogP contribution in [0.15, 0.2) is 47.1 Å². The van der Waals surface area contributed by atoms with E-state index >= 15 is 0 Å². The Morgan fingerprint density at radius 1 is 1.08 bits per heavy atom. The molecule has 0 aliphatic rings. The van der Waals surface area contributed by atoms with Crippen LogP contribution in [0.3, 0.4) is 0 Å². The van der Waals surface area contributed by atoms with Crippen molar-refractivity contribution >= 4 is 28.5 Å². The number of nitrogens with zero attached hydrogens (tertiary/aromatic N) is 3. The fraction of sp³-hybridized carbons (Fsp3) is 0.211. The van der Waals surface area contributed by atoms with E-state index in [1.165, 1.54) is 10.9 Å². The van der Waals surface area contributed by atoms with E-state index in [1.807, 2.05) is 32.0 Å². The largest absolute Gasteiger partial charge is 0.361 e. The van der Waals surface area contributed by atoms with Gasteiger partial charge < -0.3 is 20.1 Å². The van der Waals surface area contributed by atoms with Gasteiger partial charge in [-0.25, -0.2) is 4.98 Å². The highest BCUT2D eigenvalue weighted by Gasteiger charge is 2.07. The Morgan fingerprint density at radius 3 is 2.81 bits per heavy atom. The number of hydrogen-bond acceptors (Lipinski definition) is 6. The molecule has 4 aromatic rings. The fourth-order valence-electron chi connectivity index (χ4n) is 2.92. The number of nitrogens with one attached hydrogen (secondary N) is 3. The van der Waals surface area contributed by atoms with Crippen molar-refractivity contribution in [2.24, 2.45) is 0 Å². The molecule has 0 atom stereocenters. The molecule has 0 aliphatic carbocycles. The summed E-state index contributed by atoms with van der Waals surface area (Å²) in [7, 11) is 0. The Labute approximate surface area is 150 Å². The second-order valence-electron chi connectivity index (χ2n) is 6.20. The topological polar surface area (TPSA) is 91.7 Å². The summed E-state index contributed by atoms with van der Waals surface area (Å²) in [5, 5.41) is 11.6. The molecule has 132 valence electrons. The van der Waals surface area contributed by atoms with Gasteiger partial charge in [-0.15, -0.1) is 0 Å². The smallest absolute Gasteiger partial charge is 0.224 e. The van der Waals surface area contributed by atoms with Gasteiger partial charge in [-0.05, 0) is 31.9 Å². The summed E-state index contributed by atoms with van der Waals surface area (Å²) in [4.78, 5) is 12.2. The first kappa shape index (κ1) is 16.1. The van der Waals surface area contributed by atoms with E-state index in [1.54, 1.807) is 0 Å². The molecular formula is C19H20N6O. The Kier molecular flexibility index (Phi) is 4.27. The number of para-hydroxylation sites is 1. The van der Waals surface area contributed by atoms with Crippen molar-refractivity contribution in [3.8, 4) is 0 Å². The summed E-state index contributed by atoms with van der Waals surface area (Å²) in [5.74, 6) is 2.65. The molecule has 0 saturated carbocycles. The van der Waals surface area contributed by atoms with Crippen molar-refractivity contribution < 1.29 is 4.52 Å². The van der Waals surface area contributed by atoms with Crippen molar-refractivity contribution in [1.29, 1.82) is 0 Å². The highest BCUT2D eigenvalue weighted by atomic mass is 16.5. The van der Waals surface area contributed by atoms with Gasteiger partial charge in [0.15, 0.2) is 5.82 Å². The van der Waals surface area contributed by atoms with Crippen LogP contribution in [0.1, 0.15) is 17.0 Å². The normalized spacial score (nSPS) is 11.0. The number of aromatic amines is 1. The van der Waals surface area contributed by atoms with Gasteiger partial charge in [-0.2, -0.15) is 4.98 Å². The quantitative estimate of drug-likeness (QED) is 0.488. The number of fused-ring (bicyclic) bond motifs is 1. The third-order valence-corrected chi connectivity index (χ3v) is 4.09. The minimum atomic E-state index is 0.590. The molecular weight excluding hydrogens is 328 g/mol. The first-order valence-corrected chi connectivity index (χ1v) is 8.52. The van der Waals surface area contributed by atoms with Gasteiger partial charge in [0, 0.05) is 41.5 Å². The van der Waals surface area contributed by atoms with Crippen molar-refractivity contribution in [2.45, 2.75) is 20.3 Å². The van der Waals surface area contributed by atoms with E-state index in [4.69, 9.17) is 4.52 Å². The zero-order chi connectivity index (χ0) is 17.9. The highest BCUT2D eigenvalue weighted by Crippen LogP contribution is 2.19. The Hall–Kier alpha value is -3.35. The van der Waals surface area contributed by atoms with Gasteiger partial charge in [0.2, 0.25) is 5.95 Å². The van der Waals surface area contributed by atoms with Crippen LogP contribution in [0.4, 0.5) is 17.6 Å². The minimum Gasteiger partial charge on any atom is -0.361 e. The number of rotatable bonds is 6. The van der Waals surface area contributed by atoms with Crippen molar-refractivity contribution in [3.05, 3.63) is 59.6 Å². The minimum absolute atomic E-state index is 0.590. The van der Waals surface area contributed by atoms with E-state index in [-0.39, 0.29) is 0 Å². The highest BCUT2D eigenvalue weighted by molar-refractivity contribution is 5.83. The molecule has 3 heterocycles. The molecule has 0 radical (unpaired) electrons. The first-order valence-electron chi connectivity index (χ1n) is 8.52. The number of aromatic nitrogens is 4. The van der Waals surface area contributed by atoms with Crippen LogP contribution in [0.2, 0.25) is 0 Å². The Morgan fingerprint density at radius 2 is 1.96 bits per heavy atom. The number of anilines is 3. The molecule has 0 fully saturated rings.